The molecule has 0 spiro atoms. The predicted octanol–water partition coefficient (Wildman–Crippen LogP) is 3.38. The summed E-state index contributed by atoms with van der Waals surface area (Å²) in [5.41, 5.74) is 0.869. The van der Waals surface area contributed by atoms with E-state index < -0.39 is 5.82 Å². The quantitative estimate of drug-likeness (QED) is 0.849. The highest BCUT2D eigenvalue weighted by atomic mass is 35.5. The van der Waals surface area contributed by atoms with Gasteiger partial charge < -0.3 is 10.4 Å². The first-order chi connectivity index (χ1) is 10.7. The predicted molar refractivity (Wildman–Crippen MR) is 96.4 cm³/mol. The first kappa shape index (κ1) is 21.0. The molecule has 1 aliphatic heterocycles. The van der Waals surface area contributed by atoms with Crippen molar-refractivity contribution in [2.75, 3.05) is 26.2 Å². The van der Waals surface area contributed by atoms with Crippen LogP contribution in [0.5, 0.6) is 5.75 Å². The van der Waals surface area contributed by atoms with Crippen LogP contribution in [0.25, 0.3) is 0 Å². The van der Waals surface area contributed by atoms with Gasteiger partial charge in [-0.15, -0.1) is 24.8 Å². The molecule has 134 valence electrons. The summed E-state index contributed by atoms with van der Waals surface area (Å²) in [7, 11) is 0. The number of piperazine rings is 1. The van der Waals surface area contributed by atoms with Gasteiger partial charge in [-0.25, -0.2) is 4.39 Å². The van der Waals surface area contributed by atoms with Crippen LogP contribution < -0.4 is 5.32 Å². The number of nitrogens with zero attached hydrogens (tertiary/aromatic N) is 2. The van der Waals surface area contributed by atoms with Crippen LogP contribution in [0.1, 0.15) is 42.9 Å². The van der Waals surface area contributed by atoms with Crippen LogP contribution in [-0.4, -0.2) is 36.2 Å². The Morgan fingerprint density at radius 3 is 2.42 bits per heavy atom. The molecule has 1 atom stereocenters. The molecule has 0 aromatic heterocycles. The van der Waals surface area contributed by atoms with Gasteiger partial charge >= 0.3 is 0 Å². The number of phenols is 1. The fraction of sp³-hybridized carbons (Fsp3) is 0.588. The number of nitrogens with one attached hydrogen (secondary N) is 1. The average Bonchev–Trinajstić information content (AvgIpc) is 3.06. The van der Waals surface area contributed by atoms with E-state index in [1.807, 2.05) is 6.07 Å². The molecule has 0 amide bonds. The second-order valence-electron chi connectivity index (χ2n) is 6.28. The van der Waals surface area contributed by atoms with Crippen LogP contribution in [0.2, 0.25) is 0 Å². The Morgan fingerprint density at radius 2 is 1.83 bits per heavy atom. The van der Waals surface area contributed by atoms with E-state index in [0.717, 1.165) is 45.1 Å². The zero-order chi connectivity index (χ0) is 15.5. The number of hydrogen-bond donors (Lipinski definition) is 2. The Hall–Kier alpha value is -1.06. The molecule has 1 saturated carbocycles. The van der Waals surface area contributed by atoms with Gasteiger partial charge in [0.2, 0.25) is 0 Å². The zero-order valence-electron chi connectivity index (χ0n) is 13.5. The number of rotatable bonds is 3. The van der Waals surface area contributed by atoms with Crippen molar-refractivity contribution < 1.29 is 9.50 Å². The summed E-state index contributed by atoms with van der Waals surface area (Å²) in [6.45, 7) is 3.59. The van der Waals surface area contributed by atoms with Crippen LogP contribution in [0.4, 0.5) is 4.39 Å². The molecular formula is C17H24Cl2FN3O. The molecule has 1 heterocycles. The molecule has 2 N–H and O–H groups in total. The Labute approximate surface area is 154 Å². The van der Waals surface area contributed by atoms with Gasteiger partial charge in [0.15, 0.2) is 11.6 Å². The van der Waals surface area contributed by atoms with Crippen molar-refractivity contribution in [3.05, 3.63) is 29.1 Å². The van der Waals surface area contributed by atoms with Gasteiger partial charge in [-0.1, -0.05) is 12.8 Å². The maximum atomic E-state index is 14.0. The highest BCUT2D eigenvalue weighted by Crippen LogP contribution is 2.43. The second kappa shape index (κ2) is 9.43. The first-order valence-electron chi connectivity index (χ1n) is 8.08. The largest absolute Gasteiger partial charge is 0.505 e. The smallest absolute Gasteiger partial charge is 0.166 e. The Kier molecular flexibility index (Phi) is 8.24. The maximum Gasteiger partial charge on any atom is 0.166 e. The molecule has 0 unspecified atom stereocenters. The molecule has 0 bridgehead atoms. The summed E-state index contributed by atoms with van der Waals surface area (Å²) in [5, 5.41) is 22.7. The number of benzene rings is 1. The molecule has 2 aliphatic rings. The molecule has 4 nitrogen and oxygen atoms in total. The molecular weight excluding hydrogens is 352 g/mol. The summed E-state index contributed by atoms with van der Waals surface area (Å²) >= 11 is 0. The number of hydrogen-bond acceptors (Lipinski definition) is 4. The topological polar surface area (TPSA) is 59.3 Å². The first-order valence-corrected chi connectivity index (χ1v) is 8.08. The normalized spacial score (nSPS) is 19.8. The molecule has 1 aromatic carbocycles. The highest BCUT2D eigenvalue weighted by molar-refractivity contribution is 5.85. The van der Waals surface area contributed by atoms with Crippen molar-refractivity contribution >= 4 is 24.8 Å². The van der Waals surface area contributed by atoms with Crippen molar-refractivity contribution in [3.63, 3.8) is 0 Å². The number of aromatic hydroxyl groups is 1. The molecule has 1 saturated heterocycles. The summed E-state index contributed by atoms with van der Waals surface area (Å²) < 4.78 is 14.0. The molecule has 24 heavy (non-hydrogen) atoms. The van der Waals surface area contributed by atoms with Crippen molar-refractivity contribution in [1.82, 2.24) is 10.2 Å². The molecule has 2 fully saturated rings. The Bertz CT molecular complexity index is 582. The van der Waals surface area contributed by atoms with E-state index in [1.54, 1.807) is 6.07 Å². The fourth-order valence-corrected chi connectivity index (χ4v) is 3.89. The minimum atomic E-state index is -0.688. The summed E-state index contributed by atoms with van der Waals surface area (Å²) in [5.74, 6) is -0.543. The van der Waals surface area contributed by atoms with Gasteiger partial charge in [0, 0.05) is 37.8 Å². The minimum Gasteiger partial charge on any atom is -0.505 e. The lowest BCUT2D eigenvalue weighted by Crippen LogP contribution is -2.46. The summed E-state index contributed by atoms with van der Waals surface area (Å²) in [4.78, 5) is 2.34. The third-order valence-corrected chi connectivity index (χ3v) is 4.93. The van der Waals surface area contributed by atoms with E-state index in [9.17, 15) is 9.50 Å². The van der Waals surface area contributed by atoms with Gasteiger partial charge in [0.1, 0.15) is 0 Å². The number of phenolic OH excluding ortho intramolecular Hbond substituents is 1. The van der Waals surface area contributed by atoms with E-state index in [4.69, 9.17) is 5.26 Å². The van der Waals surface area contributed by atoms with Crippen LogP contribution >= 0.6 is 24.8 Å². The van der Waals surface area contributed by atoms with Gasteiger partial charge in [0.05, 0.1) is 11.6 Å². The molecule has 3 rings (SSSR count). The molecule has 1 aromatic rings. The van der Waals surface area contributed by atoms with Crippen LogP contribution in [-0.2, 0) is 0 Å². The second-order valence-corrected chi connectivity index (χ2v) is 6.28. The van der Waals surface area contributed by atoms with E-state index in [0.29, 0.717) is 11.5 Å². The van der Waals surface area contributed by atoms with Gasteiger partial charge in [-0.2, -0.15) is 5.26 Å². The van der Waals surface area contributed by atoms with E-state index in [2.05, 4.69) is 10.2 Å². The molecule has 7 heteroatoms. The van der Waals surface area contributed by atoms with Crippen molar-refractivity contribution in [3.8, 4) is 11.8 Å². The standard InChI is InChI=1S/C17H22FN3O.2ClH/c18-15-10-12(11-19)9-14(17(15)22)16(13-3-1-2-4-13)21-7-5-20-6-8-21;;/h9-10,13,16,20,22H,1-8H2;2*1H/t16-;;/m1../s1. The molecule has 1 aliphatic carbocycles. The lowest BCUT2D eigenvalue weighted by atomic mass is 9.88. The third-order valence-electron chi connectivity index (χ3n) is 4.93. The zero-order valence-corrected chi connectivity index (χ0v) is 15.1. The maximum absolute atomic E-state index is 14.0. The van der Waals surface area contributed by atoms with Crippen molar-refractivity contribution in [2.24, 2.45) is 5.92 Å². The lowest BCUT2D eigenvalue weighted by Gasteiger charge is -2.39. The van der Waals surface area contributed by atoms with Crippen LogP contribution in [0, 0.1) is 23.1 Å². The Morgan fingerprint density at radius 1 is 1.21 bits per heavy atom. The number of halogens is 3. The number of nitriles is 1. The van der Waals surface area contributed by atoms with E-state index >= 15 is 0 Å². The highest BCUT2D eigenvalue weighted by Gasteiger charge is 2.34. The van der Waals surface area contributed by atoms with Crippen LogP contribution in [0.15, 0.2) is 12.1 Å². The lowest BCUT2D eigenvalue weighted by molar-refractivity contribution is 0.123. The van der Waals surface area contributed by atoms with Gasteiger partial charge in [-0.05, 0) is 30.9 Å². The summed E-state index contributed by atoms with van der Waals surface area (Å²) in [6, 6.07) is 4.79. The minimum absolute atomic E-state index is 0. The van der Waals surface area contributed by atoms with E-state index in [1.165, 1.54) is 12.8 Å². The monoisotopic (exact) mass is 375 g/mol. The fourth-order valence-electron chi connectivity index (χ4n) is 3.89. The van der Waals surface area contributed by atoms with Gasteiger partial charge in [0.25, 0.3) is 0 Å². The average molecular weight is 376 g/mol. The van der Waals surface area contributed by atoms with Crippen molar-refractivity contribution in [2.45, 2.75) is 31.7 Å². The SMILES string of the molecule is Cl.Cl.N#Cc1cc(F)c(O)c([C@@H](C2CCCC2)N2CCNCC2)c1. The summed E-state index contributed by atoms with van der Waals surface area (Å²) in [6.07, 6.45) is 4.59. The van der Waals surface area contributed by atoms with Crippen LogP contribution in [0.3, 0.4) is 0 Å². The molecule has 0 radical (unpaired) electrons. The Balaban J connectivity index is 0.00000144. The third kappa shape index (κ3) is 4.31. The van der Waals surface area contributed by atoms with E-state index in [-0.39, 0.29) is 42.2 Å². The van der Waals surface area contributed by atoms with Gasteiger partial charge in [-0.3, -0.25) is 4.90 Å². The van der Waals surface area contributed by atoms with Crippen molar-refractivity contribution in [1.29, 1.82) is 5.26 Å².